The second kappa shape index (κ2) is 8.82. The van der Waals surface area contributed by atoms with Gasteiger partial charge in [0.05, 0.1) is 23.5 Å². The molecular formula is C27H27N3O5. The van der Waals surface area contributed by atoms with Gasteiger partial charge in [-0.1, -0.05) is 43.5 Å². The van der Waals surface area contributed by atoms with E-state index in [1.165, 1.54) is 17.0 Å². The molecular weight excluding hydrogens is 446 g/mol. The number of fused-ring (bicyclic) bond motifs is 1. The highest BCUT2D eigenvalue weighted by atomic mass is 16.4. The van der Waals surface area contributed by atoms with Crippen LogP contribution in [0.2, 0.25) is 0 Å². The van der Waals surface area contributed by atoms with Crippen LogP contribution in [0.25, 0.3) is 0 Å². The molecule has 8 heteroatoms. The van der Waals surface area contributed by atoms with Crippen molar-refractivity contribution < 1.29 is 24.6 Å². The van der Waals surface area contributed by atoms with Crippen LogP contribution in [0.5, 0.6) is 5.75 Å². The average molecular weight is 474 g/mol. The molecule has 8 nitrogen and oxygen atoms in total. The molecule has 4 atom stereocenters. The molecule has 2 heterocycles. The number of imide groups is 1. The van der Waals surface area contributed by atoms with Gasteiger partial charge in [-0.3, -0.25) is 24.6 Å². The number of carbonyl (C=O) groups is 3. The van der Waals surface area contributed by atoms with Gasteiger partial charge in [0.25, 0.3) is 0 Å². The lowest BCUT2D eigenvalue weighted by Crippen LogP contribution is -2.58. The summed E-state index contributed by atoms with van der Waals surface area (Å²) in [6.45, 7) is 0. The Balaban J connectivity index is 1.60. The third-order valence-corrected chi connectivity index (χ3v) is 7.83. The molecule has 2 aromatic rings. The summed E-state index contributed by atoms with van der Waals surface area (Å²) in [5, 5.41) is 32.6. The number of rotatable bonds is 5. The second-order valence-electron chi connectivity index (χ2n) is 9.82. The van der Waals surface area contributed by atoms with Crippen molar-refractivity contribution in [2.24, 2.45) is 11.8 Å². The minimum Gasteiger partial charge on any atom is -0.508 e. The number of carbonyl (C=O) groups excluding carboxylic acids is 2. The van der Waals surface area contributed by atoms with E-state index in [-0.39, 0.29) is 24.1 Å². The largest absolute Gasteiger partial charge is 0.508 e. The number of benzene rings is 2. The Morgan fingerprint density at radius 3 is 2.29 bits per heavy atom. The quantitative estimate of drug-likeness (QED) is 0.569. The van der Waals surface area contributed by atoms with E-state index in [2.05, 4.69) is 11.4 Å². The van der Waals surface area contributed by atoms with E-state index in [0.29, 0.717) is 16.7 Å². The number of nitriles is 1. The smallest absolute Gasteiger partial charge is 0.325 e. The molecule has 1 saturated carbocycles. The Morgan fingerprint density at radius 1 is 1.03 bits per heavy atom. The first kappa shape index (κ1) is 23.1. The highest BCUT2D eigenvalue weighted by Crippen LogP contribution is 2.51. The van der Waals surface area contributed by atoms with Crippen LogP contribution in [0.1, 0.15) is 54.8 Å². The predicted octanol–water partition coefficient (Wildman–Crippen LogP) is 2.91. The van der Waals surface area contributed by atoms with Crippen molar-refractivity contribution in [1.82, 2.24) is 10.2 Å². The van der Waals surface area contributed by atoms with E-state index < -0.39 is 35.3 Å². The lowest BCUT2D eigenvalue weighted by Gasteiger charge is -2.34. The fourth-order valence-electron chi connectivity index (χ4n) is 6.15. The van der Waals surface area contributed by atoms with Crippen molar-refractivity contribution in [3.8, 4) is 11.8 Å². The lowest BCUT2D eigenvalue weighted by atomic mass is 9.76. The molecule has 1 aliphatic carbocycles. The molecule has 0 spiro atoms. The standard InChI is InChI=1S/C27H27N3O5/c28-15-17-6-10-18(11-7-17)23-21-22(25(33)30(24(21)32)19-4-2-1-3-5-19)27(29-23,26(34)35)14-16-8-12-20(31)13-9-16/h6-13,19,21-23,29,31H,1-5,14H2,(H,34,35). The lowest BCUT2D eigenvalue weighted by molar-refractivity contribution is -0.152. The van der Waals surface area contributed by atoms with Gasteiger partial charge in [-0.15, -0.1) is 0 Å². The van der Waals surface area contributed by atoms with E-state index in [4.69, 9.17) is 0 Å². The van der Waals surface area contributed by atoms with Gasteiger partial charge in [-0.05, 0) is 48.2 Å². The van der Waals surface area contributed by atoms with Crippen LogP contribution in [-0.4, -0.2) is 44.5 Å². The number of aromatic hydroxyl groups is 1. The zero-order valence-corrected chi connectivity index (χ0v) is 19.2. The number of nitrogens with zero attached hydrogens (tertiary/aromatic N) is 2. The summed E-state index contributed by atoms with van der Waals surface area (Å²) in [5.41, 5.74) is 0.0541. The molecule has 2 aliphatic heterocycles. The average Bonchev–Trinajstić information content (AvgIpc) is 3.35. The summed E-state index contributed by atoms with van der Waals surface area (Å²) in [6, 6.07) is 14.1. The first-order chi connectivity index (χ1) is 16.9. The number of phenols is 1. The zero-order valence-electron chi connectivity index (χ0n) is 19.2. The maximum absolute atomic E-state index is 13.9. The molecule has 4 unspecified atom stereocenters. The summed E-state index contributed by atoms with van der Waals surface area (Å²) in [7, 11) is 0. The molecule has 0 bridgehead atoms. The molecule has 5 rings (SSSR count). The number of aliphatic carboxylic acids is 1. The van der Waals surface area contributed by atoms with Crippen LogP contribution in [0, 0.1) is 23.2 Å². The fraction of sp³-hybridized carbons (Fsp3) is 0.407. The molecule has 35 heavy (non-hydrogen) atoms. The minimum atomic E-state index is -1.70. The Kier molecular flexibility index (Phi) is 5.81. The van der Waals surface area contributed by atoms with Gasteiger partial charge in [0, 0.05) is 18.5 Å². The van der Waals surface area contributed by atoms with E-state index in [1.54, 1.807) is 36.4 Å². The van der Waals surface area contributed by atoms with Crippen molar-refractivity contribution in [2.75, 3.05) is 0 Å². The molecule has 3 aliphatic rings. The Bertz CT molecular complexity index is 1200. The number of carboxylic acids is 1. The molecule has 0 aromatic heterocycles. The highest BCUT2D eigenvalue weighted by molar-refractivity contribution is 6.09. The first-order valence-electron chi connectivity index (χ1n) is 12.0. The van der Waals surface area contributed by atoms with Gasteiger partial charge in [0.1, 0.15) is 11.3 Å². The van der Waals surface area contributed by atoms with Crippen LogP contribution < -0.4 is 5.32 Å². The normalized spacial score (nSPS) is 28.7. The maximum Gasteiger partial charge on any atom is 0.325 e. The van der Waals surface area contributed by atoms with Crippen LogP contribution in [0.4, 0.5) is 0 Å². The van der Waals surface area contributed by atoms with E-state index in [9.17, 15) is 29.9 Å². The fourth-order valence-corrected chi connectivity index (χ4v) is 6.15. The van der Waals surface area contributed by atoms with E-state index in [0.717, 1.165) is 32.1 Å². The highest BCUT2D eigenvalue weighted by Gasteiger charge is 2.69. The molecule has 3 N–H and O–H groups in total. The monoisotopic (exact) mass is 473 g/mol. The third-order valence-electron chi connectivity index (χ3n) is 7.83. The van der Waals surface area contributed by atoms with Gasteiger partial charge in [-0.25, -0.2) is 0 Å². The first-order valence-corrected chi connectivity index (χ1v) is 12.0. The van der Waals surface area contributed by atoms with E-state index in [1.807, 2.05) is 0 Å². The van der Waals surface area contributed by atoms with Crippen molar-refractivity contribution in [1.29, 1.82) is 5.26 Å². The molecule has 0 radical (unpaired) electrons. The van der Waals surface area contributed by atoms with Gasteiger partial charge in [0.15, 0.2) is 0 Å². The van der Waals surface area contributed by atoms with Crippen LogP contribution in [0.3, 0.4) is 0 Å². The summed E-state index contributed by atoms with van der Waals surface area (Å²) in [4.78, 5) is 41.9. The molecule has 3 fully saturated rings. The van der Waals surface area contributed by atoms with Crippen molar-refractivity contribution in [2.45, 2.75) is 56.1 Å². The third kappa shape index (κ3) is 3.76. The van der Waals surface area contributed by atoms with Crippen LogP contribution >= 0.6 is 0 Å². The van der Waals surface area contributed by atoms with Gasteiger partial charge < -0.3 is 10.2 Å². The molecule has 2 amide bonds. The number of hydrogen-bond acceptors (Lipinski definition) is 6. The molecule has 2 saturated heterocycles. The number of hydrogen-bond donors (Lipinski definition) is 3. The van der Waals surface area contributed by atoms with Gasteiger partial charge in [0.2, 0.25) is 11.8 Å². The van der Waals surface area contributed by atoms with E-state index >= 15 is 0 Å². The number of phenolic OH excluding ortho intramolecular Hbond substituents is 1. The second-order valence-corrected chi connectivity index (χ2v) is 9.82. The molecule has 180 valence electrons. The number of nitrogens with one attached hydrogen (secondary N) is 1. The Hall–Kier alpha value is -3.70. The topological polar surface area (TPSA) is 131 Å². The minimum absolute atomic E-state index is 0.0198. The van der Waals surface area contributed by atoms with Gasteiger partial charge in [-0.2, -0.15) is 5.26 Å². The summed E-state index contributed by atoms with van der Waals surface area (Å²) in [6.07, 6.45) is 4.40. The van der Waals surface area contributed by atoms with Crippen LogP contribution in [-0.2, 0) is 20.8 Å². The van der Waals surface area contributed by atoms with Crippen molar-refractivity contribution in [3.05, 3.63) is 65.2 Å². The maximum atomic E-state index is 13.9. The Morgan fingerprint density at radius 2 is 1.69 bits per heavy atom. The predicted molar refractivity (Wildman–Crippen MR) is 125 cm³/mol. The van der Waals surface area contributed by atoms with Crippen molar-refractivity contribution >= 4 is 17.8 Å². The zero-order chi connectivity index (χ0) is 24.7. The van der Waals surface area contributed by atoms with Crippen molar-refractivity contribution in [3.63, 3.8) is 0 Å². The summed E-state index contributed by atoms with van der Waals surface area (Å²) >= 11 is 0. The number of likely N-dealkylation sites (tertiary alicyclic amines) is 1. The summed E-state index contributed by atoms with van der Waals surface area (Å²) in [5.74, 6) is -3.79. The van der Waals surface area contributed by atoms with Gasteiger partial charge >= 0.3 is 5.97 Å². The SMILES string of the molecule is N#Cc1ccc(C2NC(Cc3ccc(O)cc3)(C(=O)O)C3C(=O)N(C4CCCCC4)C(=O)C23)cc1. The number of carboxylic acid groups (broad SMARTS) is 1. The van der Waals surface area contributed by atoms with Crippen LogP contribution in [0.15, 0.2) is 48.5 Å². The Labute approximate surface area is 203 Å². The molecule has 2 aromatic carbocycles. The summed E-state index contributed by atoms with van der Waals surface area (Å²) < 4.78 is 0. The number of amides is 2.